The van der Waals surface area contributed by atoms with Gasteiger partial charge < -0.3 is 5.32 Å². The van der Waals surface area contributed by atoms with Gasteiger partial charge in [-0.2, -0.15) is 13.2 Å². The fourth-order valence-electron chi connectivity index (χ4n) is 2.28. The van der Waals surface area contributed by atoms with Crippen LogP contribution < -0.4 is 5.32 Å². The molecule has 1 atom stereocenters. The Morgan fingerprint density at radius 1 is 1.05 bits per heavy atom. The van der Waals surface area contributed by atoms with Crippen LogP contribution in [-0.4, -0.2) is 7.05 Å². The molecule has 0 saturated heterocycles. The normalized spacial score (nSPS) is 13.8. The maximum Gasteiger partial charge on any atom is 0.416 e. The second-order valence-electron chi connectivity index (χ2n) is 4.88. The summed E-state index contributed by atoms with van der Waals surface area (Å²) in [5, 5.41) is 3.19. The number of rotatable bonds is 6. The van der Waals surface area contributed by atoms with Crippen molar-refractivity contribution in [1.82, 2.24) is 5.32 Å². The summed E-state index contributed by atoms with van der Waals surface area (Å²) in [6.45, 7) is 4.29. The van der Waals surface area contributed by atoms with Gasteiger partial charge in [-0.25, -0.2) is 0 Å². The van der Waals surface area contributed by atoms with E-state index in [0.29, 0.717) is 5.92 Å². The summed E-state index contributed by atoms with van der Waals surface area (Å²) < 4.78 is 37.5. The lowest BCUT2D eigenvalue weighted by Crippen LogP contribution is -2.20. The maximum atomic E-state index is 12.5. The molecule has 0 radical (unpaired) electrons. The summed E-state index contributed by atoms with van der Waals surface area (Å²) in [6.07, 6.45) is -1.12. The molecule has 0 spiro atoms. The SMILES string of the molecule is CCC(CC)CC(NC)c1ccc(C(F)(F)F)cc1. The van der Waals surface area contributed by atoms with Crippen LogP contribution in [0.3, 0.4) is 0 Å². The van der Waals surface area contributed by atoms with Crippen LogP contribution in [0.1, 0.15) is 50.3 Å². The van der Waals surface area contributed by atoms with Crippen LogP contribution in [0.5, 0.6) is 0 Å². The highest BCUT2D eigenvalue weighted by Gasteiger charge is 2.30. The summed E-state index contributed by atoms with van der Waals surface area (Å²) >= 11 is 0. The summed E-state index contributed by atoms with van der Waals surface area (Å²) in [5.74, 6) is 0.597. The average Bonchev–Trinajstić information content (AvgIpc) is 2.39. The summed E-state index contributed by atoms with van der Waals surface area (Å²) in [5.41, 5.74) is 0.330. The van der Waals surface area contributed by atoms with Crippen molar-refractivity contribution in [2.45, 2.75) is 45.3 Å². The van der Waals surface area contributed by atoms with E-state index >= 15 is 0 Å². The molecule has 0 fully saturated rings. The Hall–Kier alpha value is -1.03. The molecule has 0 aliphatic heterocycles. The Morgan fingerprint density at radius 3 is 1.95 bits per heavy atom. The zero-order chi connectivity index (χ0) is 14.5. The number of hydrogen-bond donors (Lipinski definition) is 1. The van der Waals surface area contributed by atoms with E-state index in [9.17, 15) is 13.2 Å². The van der Waals surface area contributed by atoms with Crippen molar-refractivity contribution in [3.05, 3.63) is 35.4 Å². The lowest BCUT2D eigenvalue weighted by molar-refractivity contribution is -0.137. The smallest absolute Gasteiger partial charge is 0.313 e. The minimum Gasteiger partial charge on any atom is -0.313 e. The molecule has 108 valence electrons. The zero-order valence-corrected chi connectivity index (χ0v) is 11.7. The Labute approximate surface area is 113 Å². The quantitative estimate of drug-likeness (QED) is 0.785. The zero-order valence-electron chi connectivity index (χ0n) is 11.7. The molecule has 19 heavy (non-hydrogen) atoms. The molecule has 1 N–H and O–H groups in total. The summed E-state index contributed by atoms with van der Waals surface area (Å²) in [4.78, 5) is 0. The molecule has 0 heterocycles. The fourth-order valence-corrected chi connectivity index (χ4v) is 2.28. The Bertz CT molecular complexity index is 366. The lowest BCUT2D eigenvalue weighted by atomic mass is 9.91. The third kappa shape index (κ3) is 4.53. The van der Waals surface area contributed by atoms with Gasteiger partial charge in [-0.05, 0) is 37.1 Å². The first-order chi connectivity index (χ1) is 8.92. The third-order valence-corrected chi connectivity index (χ3v) is 3.71. The van der Waals surface area contributed by atoms with Gasteiger partial charge in [-0.1, -0.05) is 38.8 Å². The number of hydrogen-bond acceptors (Lipinski definition) is 1. The Kier molecular flexibility index (Phi) is 5.85. The van der Waals surface area contributed by atoms with Gasteiger partial charge in [0.25, 0.3) is 0 Å². The minimum absolute atomic E-state index is 0.118. The van der Waals surface area contributed by atoms with Crippen molar-refractivity contribution in [3.63, 3.8) is 0 Å². The van der Waals surface area contributed by atoms with Gasteiger partial charge in [-0.3, -0.25) is 0 Å². The first-order valence-electron chi connectivity index (χ1n) is 6.76. The van der Waals surface area contributed by atoms with Gasteiger partial charge in [-0.15, -0.1) is 0 Å². The van der Waals surface area contributed by atoms with Crippen LogP contribution in [0, 0.1) is 5.92 Å². The van der Waals surface area contributed by atoms with E-state index < -0.39 is 11.7 Å². The van der Waals surface area contributed by atoms with Crippen LogP contribution >= 0.6 is 0 Å². The molecular formula is C15H22F3N. The molecule has 1 rings (SSSR count). The Morgan fingerprint density at radius 2 is 1.58 bits per heavy atom. The molecule has 4 heteroatoms. The molecule has 0 aromatic heterocycles. The molecule has 0 aliphatic rings. The first-order valence-corrected chi connectivity index (χ1v) is 6.76. The van der Waals surface area contributed by atoms with Crippen molar-refractivity contribution in [3.8, 4) is 0 Å². The van der Waals surface area contributed by atoms with E-state index in [1.807, 2.05) is 7.05 Å². The predicted octanol–water partition coefficient (Wildman–Crippen LogP) is 4.79. The van der Waals surface area contributed by atoms with Crippen molar-refractivity contribution in [2.24, 2.45) is 5.92 Å². The van der Waals surface area contributed by atoms with Gasteiger partial charge in [0.1, 0.15) is 0 Å². The molecule has 1 aromatic carbocycles. The number of alkyl halides is 3. The highest BCUT2D eigenvalue weighted by Crippen LogP contribution is 2.31. The maximum absolute atomic E-state index is 12.5. The van der Waals surface area contributed by atoms with Gasteiger partial charge in [0.15, 0.2) is 0 Å². The van der Waals surface area contributed by atoms with Crippen LogP contribution in [0.15, 0.2) is 24.3 Å². The topological polar surface area (TPSA) is 12.0 Å². The minimum atomic E-state index is -4.26. The summed E-state index contributed by atoms with van der Waals surface area (Å²) in [6, 6.07) is 5.59. The first kappa shape index (κ1) is 16.0. The van der Waals surface area contributed by atoms with Gasteiger partial charge >= 0.3 is 6.18 Å². The van der Waals surface area contributed by atoms with E-state index in [2.05, 4.69) is 19.2 Å². The number of benzene rings is 1. The number of halogens is 3. The van der Waals surface area contributed by atoms with Crippen LogP contribution in [0.2, 0.25) is 0 Å². The molecule has 1 nitrogen and oxygen atoms in total. The largest absolute Gasteiger partial charge is 0.416 e. The van der Waals surface area contributed by atoms with Crippen LogP contribution in [-0.2, 0) is 6.18 Å². The lowest BCUT2D eigenvalue weighted by Gasteiger charge is -2.22. The molecule has 1 aromatic rings. The van der Waals surface area contributed by atoms with Gasteiger partial charge in [0.05, 0.1) is 5.56 Å². The molecule has 0 bridgehead atoms. The highest BCUT2D eigenvalue weighted by atomic mass is 19.4. The monoisotopic (exact) mass is 273 g/mol. The van der Waals surface area contributed by atoms with Gasteiger partial charge in [0.2, 0.25) is 0 Å². The van der Waals surface area contributed by atoms with E-state index in [4.69, 9.17) is 0 Å². The standard InChI is InChI=1S/C15H22F3N/c1-4-11(5-2)10-14(19-3)12-6-8-13(9-7-12)15(16,17)18/h6-9,11,14,19H,4-5,10H2,1-3H3. The fraction of sp³-hybridized carbons (Fsp3) is 0.600. The average molecular weight is 273 g/mol. The molecule has 0 aliphatic carbocycles. The van der Waals surface area contributed by atoms with Crippen molar-refractivity contribution in [2.75, 3.05) is 7.05 Å². The molecule has 0 amide bonds. The summed E-state index contributed by atoms with van der Waals surface area (Å²) in [7, 11) is 1.85. The van der Waals surface area contributed by atoms with E-state index in [0.717, 1.165) is 37.0 Å². The van der Waals surface area contributed by atoms with E-state index in [-0.39, 0.29) is 6.04 Å². The predicted molar refractivity (Wildman–Crippen MR) is 71.9 cm³/mol. The molecular weight excluding hydrogens is 251 g/mol. The molecule has 1 unspecified atom stereocenters. The second kappa shape index (κ2) is 6.94. The van der Waals surface area contributed by atoms with E-state index in [1.54, 1.807) is 12.1 Å². The number of nitrogens with one attached hydrogen (secondary N) is 1. The second-order valence-corrected chi connectivity index (χ2v) is 4.88. The van der Waals surface area contributed by atoms with Crippen LogP contribution in [0.4, 0.5) is 13.2 Å². The third-order valence-electron chi connectivity index (χ3n) is 3.71. The van der Waals surface area contributed by atoms with Gasteiger partial charge in [0, 0.05) is 6.04 Å². The van der Waals surface area contributed by atoms with Crippen molar-refractivity contribution in [1.29, 1.82) is 0 Å². The highest BCUT2D eigenvalue weighted by molar-refractivity contribution is 5.26. The van der Waals surface area contributed by atoms with Crippen molar-refractivity contribution >= 4 is 0 Å². The van der Waals surface area contributed by atoms with Crippen molar-refractivity contribution < 1.29 is 13.2 Å². The van der Waals surface area contributed by atoms with E-state index in [1.165, 1.54) is 0 Å². The molecule has 0 saturated carbocycles. The van der Waals surface area contributed by atoms with Crippen LogP contribution in [0.25, 0.3) is 0 Å². The Balaban J connectivity index is 2.82.